The molecule has 1 N–H and O–H groups in total. The lowest BCUT2D eigenvalue weighted by Crippen LogP contribution is -2.36. The second-order valence-corrected chi connectivity index (χ2v) is 7.21. The maximum Gasteiger partial charge on any atom is 0.136 e. The van der Waals surface area contributed by atoms with Crippen LogP contribution in [0.5, 0.6) is 0 Å². The molecule has 1 aromatic carbocycles. The molecule has 1 saturated carbocycles. The number of aliphatic hydroxyl groups excluding tert-OH is 1. The van der Waals surface area contributed by atoms with Crippen LogP contribution in [-0.2, 0) is 4.74 Å². The predicted octanol–water partition coefficient (Wildman–Crippen LogP) is 4.19. The number of aryl methyl sites for hydroxylation is 1. The van der Waals surface area contributed by atoms with E-state index in [-0.39, 0.29) is 0 Å². The van der Waals surface area contributed by atoms with Gasteiger partial charge in [0.25, 0.3) is 0 Å². The molecule has 4 nitrogen and oxygen atoms in total. The maximum atomic E-state index is 10.8. The van der Waals surface area contributed by atoms with Gasteiger partial charge in [-0.05, 0) is 43.9 Å². The standard InChI is InChI=1S/C20H27NO3/c1-14-17-13-16(21-9-11-23-12-10-21)7-8-18(17)24-20(14)19(22)15-5-3-2-4-6-15/h7-8,13,15,19,22H,2-6,9-12H2,1H3. The third-order valence-corrected chi connectivity index (χ3v) is 5.70. The van der Waals surface area contributed by atoms with Crippen molar-refractivity contribution in [3.63, 3.8) is 0 Å². The highest BCUT2D eigenvalue weighted by Gasteiger charge is 2.28. The largest absolute Gasteiger partial charge is 0.458 e. The molecule has 130 valence electrons. The van der Waals surface area contributed by atoms with Gasteiger partial charge >= 0.3 is 0 Å². The topological polar surface area (TPSA) is 45.8 Å². The van der Waals surface area contributed by atoms with E-state index in [4.69, 9.17) is 9.15 Å². The van der Waals surface area contributed by atoms with Crippen molar-refractivity contribution in [2.75, 3.05) is 31.2 Å². The number of ether oxygens (including phenoxy) is 1. The number of hydrogen-bond acceptors (Lipinski definition) is 4. The number of anilines is 1. The summed E-state index contributed by atoms with van der Waals surface area (Å²) in [5.41, 5.74) is 3.20. The summed E-state index contributed by atoms with van der Waals surface area (Å²) >= 11 is 0. The van der Waals surface area contributed by atoms with E-state index in [1.54, 1.807) is 0 Å². The molecule has 0 radical (unpaired) electrons. The van der Waals surface area contributed by atoms with Crippen LogP contribution in [0, 0.1) is 12.8 Å². The van der Waals surface area contributed by atoms with E-state index in [9.17, 15) is 5.11 Å². The molecule has 4 rings (SSSR count). The molecule has 2 aromatic rings. The van der Waals surface area contributed by atoms with Crippen LogP contribution in [0.3, 0.4) is 0 Å². The third-order valence-electron chi connectivity index (χ3n) is 5.70. The Morgan fingerprint density at radius 3 is 2.62 bits per heavy atom. The lowest BCUT2D eigenvalue weighted by Gasteiger charge is -2.28. The highest BCUT2D eigenvalue weighted by Crippen LogP contribution is 2.39. The van der Waals surface area contributed by atoms with E-state index < -0.39 is 6.10 Å². The molecule has 24 heavy (non-hydrogen) atoms. The summed E-state index contributed by atoms with van der Waals surface area (Å²) in [5, 5.41) is 12.0. The summed E-state index contributed by atoms with van der Waals surface area (Å²) in [5.74, 6) is 1.12. The van der Waals surface area contributed by atoms with Crippen molar-refractivity contribution in [3.8, 4) is 0 Å². The lowest BCUT2D eigenvalue weighted by atomic mass is 9.84. The summed E-state index contributed by atoms with van der Waals surface area (Å²) in [6.07, 6.45) is 5.49. The molecule has 4 heteroatoms. The first kappa shape index (κ1) is 16.0. The van der Waals surface area contributed by atoms with Crippen molar-refractivity contribution < 1.29 is 14.3 Å². The van der Waals surface area contributed by atoms with Gasteiger partial charge in [-0.15, -0.1) is 0 Å². The second kappa shape index (κ2) is 6.77. The van der Waals surface area contributed by atoms with Gasteiger partial charge < -0.3 is 19.2 Å². The number of furan rings is 1. The first-order valence-electron chi connectivity index (χ1n) is 9.28. The molecular formula is C20H27NO3. The minimum absolute atomic E-state index is 0.344. The second-order valence-electron chi connectivity index (χ2n) is 7.21. The first-order valence-corrected chi connectivity index (χ1v) is 9.28. The van der Waals surface area contributed by atoms with Crippen LogP contribution in [0.25, 0.3) is 11.0 Å². The van der Waals surface area contributed by atoms with E-state index in [1.165, 1.54) is 24.9 Å². The van der Waals surface area contributed by atoms with E-state index in [1.807, 2.05) is 6.07 Å². The Labute approximate surface area is 143 Å². The van der Waals surface area contributed by atoms with Crippen LogP contribution >= 0.6 is 0 Å². The van der Waals surface area contributed by atoms with E-state index in [2.05, 4.69) is 24.0 Å². The minimum atomic E-state index is -0.468. The summed E-state index contributed by atoms with van der Waals surface area (Å²) in [7, 11) is 0. The fourth-order valence-corrected chi connectivity index (χ4v) is 4.19. The first-order chi connectivity index (χ1) is 11.7. The number of rotatable bonds is 3. The van der Waals surface area contributed by atoms with Gasteiger partial charge in [-0.2, -0.15) is 0 Å². The van der Waals surface area contributed by atoms with Crippen molar-refractivity contribution >= 4 is 16.7 Å². The van der Waals surface area contributed by atoms with E-state index in [0.717, 1.165) is 61.4 Å². The zero-order valence-electron chi connectivity index (χ0n) is 14.5. The molecule has 2 aliphatic rings. The molecule has 1 unspecified atom stereocenters. The molecule has 1 aliphatic heterocycles. The Bertz CT molecular complexity index is 696. The highest BCUT2D eigenvalue weighted by atomic mass is 16.5. The van der Waals surface area contributed by atoms with Gasteiger partial charge in [0, 0.05) is 29.7 Å². The van der Waals surface area contributed by atoms with E-state index >= 15 is 0 Å². The van der Waals surface area contributed by atoms with Crippen molar-refractivity contribution in [3.05, 3.63) is 29.5 Å². The molecule has 0 bridgehead atoms. The number of hydrogen-bond donors (Lipinski definition) is 1. The molecule has 0 amide bonds. The van der Waals surface area contributed by atoms with Gasteiger partial charge in [-0.25, -0.2) is 0 Å². The Morgan fingerprint density at radius 2 is 1.88 bits per heavy atom. The molecule has 1 saturated heterocycles. The van der Waals surface area contributed by atoms with Gasteiger partial charge in [-0.3, -0.25) is 0 Å². The minimum Gasteiger partial charge on any atom is -0.458 e. The molecule has 2 fully saturated rings. The smallest absolute Gasteiger partial charge is 0.136 e. The van der Waals surface area contributed by atoms with Crippen molar-refractivity contribution in [1.82, 2.24) is 0 Å². The Morgan fingerprint density at radius 1 is 1.12 bits per heavy atom. The Balaban J connectivity index is 1.64. The summed E-state index contributed by atoms with van der Waals surface area (Å²) in [4.78, 5) is 2.35. The number of morpholine rings is 1. The fourth-order valence-electron chi connectivity index (χ4n) is 4.19. The molecule has 2 heterocycles. The lowest BCUT2D eigenvalue weighted by molar-refractivity contribution is 0.0661. The van der Waals surface area contributed by atoms with Gasteiger partial charge in [0.15, 0.2) is 0 Å². The van der Waals surface area contributed by atoms with Crippen molar-refractivity contribution in [2.45, 2.75) is 45.1 Å². The van der Waals surface area contributed by atoms with Crippen molar-refractivity contribution in [2.24, 2.45) is 5.92 Å². The average molecular weight is 329 g/mol. The summed E-state index contributed by atoms with van der Waals surface area (Å²) in [6, 6.07) is 6.37. The zero-order chi connectivity index (χ0) is 16.5. The Hall–Kier alpha value is -1.52. The van der Waals surface area contributed by atoms with Gasteiger partial charge in [0.05, 0.1) is 13.2 Å². The van der Waals surface area contributed by atoms with Crippen LogP contribution in [0.4, 0.5) is 5.69 Å². The molecule has 1 aliphatic carbocycles. The van der Waals surface area contributed by atoms with Gasteiger partial charge in [0.1, 0.15) is 17.4 Å². The van der Waals surface area contributed by atoms with Crippen LogP contribution < -0.4 is 4.90 Å². The van der Waals surface area contributed by atoms with Crippen LogP contribution in [0.2, 0.25) is 0 Å². The van der Waals surface area contributed by atoms with Crippen molar-refractivity contribution in [1.29, 1.82) is 0 Å². The van der Waals surface area contributed by atoms with Crippen LogP contribution in [-0.4, -0.2) is 31.4 Å². The number of benzene rings is 1. The monoisotopic (exact) mass is 329 g/mol. The number of fused-ring (bicyclic) bond motifs is 1. The summed E-state index contributed by atoms with van der Waals surface area (Å²) in [6.45, 7) is 5.51. The Kier molecular flexibility index (Phi) is 4.51. The van der Waals surface area contributed by atoms with Gasteiger partial charge in [0.2, 0.25) is 0 Å². The summed E-state index contributed by atoms with van der Waals surface area (Å²) < 4.78 is 11.5. The average Bonchev–Trinajstić information content (AvgIpc) is 2.99. The fraction of sp³-hybridized carbons (Fsp3) is 0.600. The number of aliphatic hydroxyl groups is 1. The normalized spacial score (nSPS) is 21.3. The van der Waals surface area contributed by atoms with Crippen LogP contribution in [0.1, 0.15) is 49.5 Å². The molecule has 1 atom stereocenters. The zero-order valence-corrected chi connectivity index (χ0v) is 14.5. The SMILES string of the molecule is Cc1c(C(O)C2CCCCC2)oc2ccc(N3CCOCC3)cc12. The third kappa shape index (κ3) is 2.93. The maximum absolute atomic E-state index is 10.8. The quantitative estimate of drug-likeness (QED) is 0.917. The van der Waals surface area contributed by atoms with Crippen LogP contribution in [0.15, 0.2) is 22.6 Å². The highest BCUT2D eigenvalue weighted by molar-refractivity contribution is 5.85. The van der Waals surface area contributed by atoms with E-state index in [0.29, 0.717) is 5.92 Å². The van der Waals surface area contributed by atoms with Gasteiger partial charge in [-0.1, -0.05) is 19.3 Å². The molecule has 1 aromatic heterocycles. The molecule has 0 spiro atoms. The molecular weight excluding hydrogens is 302 g/mol. The number of nitrogens with zero attached hydrogens (tertiary/aromatic N) is 1. The predicted molar refractivity (Wildman–Crippen MR) is 95.5 cm³/mol.